The summed E-state index contributed by atoms with van der Waals surface area (Å²) in [5, 5.41) is 16.1. The number of rotatable bonds is 4. The van der Waals surface area contributed by atoms with Crippen LogP contribution in [0.2, 0.25) is 5.02 Å². The van der Waals surface area contributed by atoms with Crippen molar-refractivity contribution in [3.63, 3.8) is 0 Å². The Balaban J connectivity index is 1.50. The Kier molecular flexibility index (Phi) is 4.91. The Morgan fingerprint density at radius 3 is 2.68 bits per heavy atom. The number of hydrogen-bond donors (Lipinski definition) is 3. The first-order valence-electron chi connectivity index (χ1n) is 10.4. The SMILES string of the molecule is COc1cc(Nc2n[nH]c3cc(N4C[C@@H](C)N[C@H](C)C4)cc(Cl)c23)cn2cc(C)nc12. The summed E-state index contributed by atoms with van der Waals surface area (Å²) in [7, 11) is 1.64. The second kappa shape index (κ2) is 7.62. The molecule has 0 unspecified atom stereocenters. The molecule has 2 atom stereocenters. The van der Waals surface area contributed by atoms with Crippen LogP contribution in [-0.2, 0) is 0 Å². The first-order valence-corrected chi connectivity index (χ1v) is 10.8. The Hall–Kier alpha value is -2.97. The third kappa shape index (κ3) is 3.66. The molecule has 1 aromatic carbocycles. The summed E-state index contributed by atoms with van der Waals surface area (Å²) in [5.74, 6) is 1.36. The van der Waals surface area contributed by atoms with Gasteiger partial charge in [0.1, 0.15) is 0 Å². The van der Waals surface area contributed by atoms with Crippen LogP contribution in [0.15, 0.2) is 30.6 Å². The molecule has 1 aliphatic heterocycles. The number of anilines is 3. The number of methoxy groups -OCH3 is 1. The zero-order valence-corrected chi connectivity index (χ0v) is 18.8. The lowest BCUT2D eigenvalue weighted by Crippen LogP contribution is -2.54. The lowest BCUT2D eigenvalue weighted by Gasteiger charge is -2.37. The minimum absolute atomic E-state index is 0.425. The van der Waals surface area contributed by atoms with Crippen molar-refractivity contribution in [2.75, 3.05) is 30.4 Å². The highest BCUT2D eigenvalue weighted by Gasteiger charge is 2.23. The number of H-pyrrole nitrogens is 1. The molecule has 0 radical (unpaired) electrons. The number of aromatic amines is 1. The van der Waals surface area contributed by atoms with Gasteiger partial charge in [-0.25, -0.2) is 4.98 Å². The topological polar surface area (TPSA) is 82.5 Å². The van der Waals surface area contributed by atoms with Gasteiger partial charge in [-0.05, 0) is 32.9 Å². The van der Waals surface area contributed by atoms with Crippen LogP contribution in [0.1, 0.15) is 19.5 Å². The van der Waals surface area contributed by atoms with Crippen LogP contribution in [0.25, 0.3) is 16.6 Å². The fraction of sp³-hybridized carbons (Fsp3) is 0.364. The molecule has 1 fully saturated rings. The summed E-state index contributed by atoms with van der Waals surface area (Å²) in [6.07, 6.45) is 3.92. The zero-order valence-electron chi connectivity index (χ0n) is 18.0. The van der Waals surface area contributed by atoms with Gasteiger partial charge in [-0.15, -0.1) is 0 Å². The number of halogens is 1. The molecule has 162 valence electrons. The number of pyridine rings is 1. The molecule has 9 heteroatoms. The van der Waals surface area contributed by atoms with Crippen molar-refractivity contribution in [2.45, 2.75) is 32.9 Å². The molecule has 0 spiro atoms. The molecule has 5 rings (SSSR count). The summed E-state index contributed by atoms with van der Waals surface area (Å²) >= 11 is 6.74. The maximum Gasteiger partial charge on any atom is 0.180 e. The summed E-state index contributed by atoms with van der Waals surface area (Å²) in [4.78, 5) is 6.88. The Morgan fingerprint density at radius 1 is 1.16 bits per heavy atom. The molecule has 31 heavy (non-hydrogen) atoms. The van der Waals surface area contributed by atoms with Crippen LogP contribution in [0, 0.1) is 6.92 Å². The summed E-state index contributed by atoms with van der Waals surface area (Å²) in [5.41, 5.74) is 4.53. The van der Waals surface area contributed by atoms with Gasteiger partial charge < -0.3 is 24.7 Å². The number of imidazole rings is 1. The number of nitrogens with zero attached hydrogens (tertiary/aromatic N) is 4. The van der Waals surface area contributed by atoms with E-state index in [2.05, 4.69) is 50.6 Å². The maximum atomic E-state index is 6.74. The molecule has 8 nitrogen and oxygen atoms in total. The van der Waals surface area contributed by atoms with Crippen molar-refractivity contribution in [1.29, 1.82) is 0 Å². The van der Waals surface area contributed by atoms with Gasteiger partial charge in [0.15, 0.2) is 17.2 Å². The highest BCUT2D eigenvalue weighted by molar-refractivity contribution is 6.36. The molecule has 0 aliphatic carbocycles. The van der Waals surface area contributed by atoms with Gasteiger partial charge >= 0.3 is 0 Å². The lowest BCUT2D eigenvalue weighted by molar-refractivity contribution is 0.407. The minimum Gasteiger partial charge on any atom is -0.493 e. The summed E-state index contributed by atoms with van der Waals surface area (Å²) < 4.78 is 7.47. The van der Waals surface area contributed by atoms with E-state index in [1.165, 1.54) is 0 Å². The number of aryl methyl sites for hydroxylation is 1. The van der Waals surface area contributed by atoms with Crippen LogP contribution in [0.4, 0.5) is 17.2 Å². The maximum absolute atomic E-state index is 6.74. The molecule has 3 aromatic heterocycles. The van der Waals surface area contributed by atoms with Gasteiger partial charge in [-0.3, -0.25) is 5.10 Å². The molecular weight excluding hydrogens is 414 g/mol. The number of aromatic nitrogens is 4. The number of benzene rings is 1. The van der Waals surface area contributed by atoms with E-state index in [0.29, 0.717) is 28.7 Å². The fourth-order valence-electron chi connectivity index (χ4n) is 4.45. The number of hydrogen-bond acceptors (Lipinski definition) is 6. The van der Waals surface area contributed by atoms with E-state index >= 15 is 0 Å². The highest BCUT2D eigenvalue weighted by atomic mass is 35.5. The van der Waals surface area contributed by atoms with Crippen molar-refractivity contribution in [3.05, 3.63) is 41.3 Å². The smallest absolute Gasteiger partial charge is 0.180 e. The third-order valence-electron chi connectivity index (χ3n) is 5.64. The van der Waals surface area contributed by atoms with E-state index in [1.54, 1.807) is 7.11 Å². The van der Waals surface area contributed by atoms with Gasteiger partial charge in [0, 0.05) is 49.3 Å². The van der Waals surface area contributed by atoms with Crippen molar-refractivity contribution in [3.8, 4) is 5.75 Å². The van der Waals surface area contributed by atoms with Crippen molar-refractivity contribution < 1.29 is 4.74 Å². The molecular formula is C22H26ClN7O. The van der Waals surface area contributed by atoms with Crippen molar-refractivity contribution >= 4 is 45.3 Å². The fourth-order valence-corrected chi connectivity index (χ4v) is 4.75. The average molecular weight is 440 g/mol. The number of fused-ring (bicyclic) bond motifs is 2. The monoisotopic (exact) mass is 439 g/mol. The highest BCUT2D eigenvalue weighted by Crippen LogP contribution is 2.35. The molecule has 4 aromatic rings. The summed E-state index contributed by atoms with van der Waals surface area (Å²) in [6, 6.07) is 6.91. The van der Waals surface area contributed by atoms with Crippen LogP contribution in [0.5, 0.6) is 5.75 Å². The second-order valence-electron chi connectivity index (χ2n) is 8.33. The molecule has 0 bridgehead atoms. The van der Waals surface area contributed by atoms with E-state index in [9.17, 15) is 0 Å². The molecule has 0 amide bonds. The van der Waals surface area contributed by atoms with Gasteiger partial charge in [0.2, 0.25) is 0 Å². The summed E-state index contributed by atoms with van der Waals surface area (Å²) in [6.45, 7) is 8.24. The van der Waals surface area contributed by atoms with E-state index in [0.717, 1.165) is 46.7 Å². The second-order valence-corrected chi connectivity index (χ2v) is 8.74. The predicted octanol–water partition coefficient (Wildman–Crippen LogP) is 4.11. The average Bonchev–Trinajstić information content (AvgIpc) is 3.29. The van der Waals surface area contributed by atoms with Gasteiger partial charge in [-0.2, -0.15) is 5.10 Å². The molecule has 1 saturated heterocycles. The molecule has 4 heterocycles. The lowest BCUT2D eigenvalue weighted by atomic mass is 10.1. The van der Waals surface area contributed by atoms with Crippen LogP contribution < -0.4 is 20.3 Å². The van der Waals surface area contributed by atoms with E-state index in [4.69, 9.17) is 16.3 Å². The molecule has 0 saturated carbocycles. The largest absolute Gasteiger partial charge is 0.493 e. The third-order valence-corrected chi connectivity index (χ3v) is 5.94. The molecule has 3 N–H and O–H groups in total. The van der Waals surface area contributed by atoms with Crippen LogP contribution >= 0.6 is 11.6 Å². The standard InChI is InChI=1S/C22H26ClN7O/c1-12-8-29(9-13(2)24-12)16-6-17(23)20-18(7-16)27-28-21(20)26-15-5-19(31-4)22-25-14(3)10-30(22)11-15/h5-7,10-13,24H,8-9H2,1-4H3,(H2,26,27,28)/t12-,13-/m1/s1. The van der Waals surface area contributed by atoms with Gasteiger partial charge in [0.05, 0.1) is 34.4 Å². The first kappa shape index (κ1) is 20.0. The van der Waals surface area contributed by atoms with Gasteiger partial charge in [-0.1, -0.05) is 11.6 Å². The quantitative estimate of drug-likeness (QED) is 0.444. The Morgan fingerprint density at radius 2 is 1.94 bits per heavy atom. The van der Waals surface area contributed by atoms with E-state index < -0.39 is 0 Å². The van der Waals surface area contributed by atoms with Crippen LogP contribution in [0.3, 0.4) is 0 Å². The van der Waals surface area contributed by atoms with Gasteiger partial charge in [0.25, 0.3) is 0 Å². The number of nitrogens with one attached hydrogen (secondary N) is 3. The van der Waals surface area contributed by atoms with E-state index in [-0.39, 0.29) is 0 Å². The Labute approximate surface area is 185 Å². The van der Waals surface area contributed by atoms with Crippen molar-refractivity contribution in [2.24, 2.45) is 0 Å². The van der Waals surface area contributed by atoms with Crippen molar-refractivity contribution in [1.82, 2.24) is 24.9 Å². The predicted molar refractivity (Wildman–Crippen MR) is 125 cm³/mol. The normalized spacial score (nSPS) is 19.3. The Bertz CT molecular complexity index is 1250. The van der Waals surface area contributed by atoms with Crippen LogP contribution in [-0.4, -0.2) is 51.9 Å². The number of piperazine rings is 1. The minimum atomic E-state index is 0.425. The first-order chi connectivity index (χ1) is 14.9. The molecule has 1 aliphatic rings. The number of ether oxygens (including phenoxy) is 1. The van der Waals surface area contributed by atoms with E-state index in [1.807, 2.05) is 35.9 Å². The zero-order chi connectivity index (χ0) is 21.7.